The van der Waals surface area contributed by atoms with Crippen LogP contribution in [0.25, 0.3) is 10.9 Å². The molecule has 0 bridgehead atoms. The third kappa shape index (κ3) is 3.69. The monoisotopic (exact) mass is 492 g/mol. The zero-order valence-corrected chi connectivity index (χ0v) is 20.9. The number of benzene rings is 2. The Morgan fingerprint density at radius 1 is 1.14 bits per heavy atom. The zero-order chi connectivity index (χ0) is 24.9. The lowest BCUT2D eigenvalue weighted by molar-refractivity contribution is -0.140. The Bertz CT molecular complexity index is 1330. The number of H-pyrrole nitrogens is 1. The lowest BCUT2D eigenvalue weighted by Gasteiger charge is -2.36. The van der Waals surface area contributed by atoms with Crippen molar-refractivity contribution in [3.63, 3.8) is 0 Å². The Labute approximate surface area is 209 Å². The molecule has 7 nitrogen and oxygen atoms in total. The summed E-state index contributed by atoms with van der Waals surface area (Å²) in [5.74, 6) is -0.630. The van der Waals surface area contributed by atoms with Crippen molar-refractivity contribution in [2.45, 2.75) is 51.7 Å². The first-order chi connectivity index (χ1) is 16.7. The molecule has 0 saturated carbocycles. The van der Waals surface area contributed by atoms with Gasteiger partial charge >= 0.3 is 6.03 Å². The van der Waals surface area contributed by atoms with E-state index in [1.165, 1.54) is 4.90 Å². The number of halogens is 1. The van der Waals surface area contributed by atoms with Crippen LogP contribution in [0.5, 0.6) is 0 Å². The van der Waals surface area contributed by atoms with E-state index in [1.807, 2.05) is 56.3 Å². The molecule has 0 aliphatic carbocycles. The van der Waals surface area contributed by atoms with Gasteiger partial charge in [-0.2, -0.15) is 0 Å². The summed E-state index contributed by atoms with van der Waals surface area (Å²) in [6, 6.07) is 13.9. The van der Waals surface area contributed by atoms with Gasteiger partial charge in [-0.25, -0.2) is 9.69 Å². The lowest BCUT2D eigenvalue weighted by Crippen LogP contribution is -2.51. The molecule has 4 amide bonds. The van der Waals surface area contributed by atoms with Crippen LogP contribution in [0.3, 0.4) is 0 Å². The summed E-state index contributed by atoms with van der Waals surface area (Å²) in [6.07, 6.45) is 1.02. The maximum absolute atomic E-state index is 14.0. The van der Waals surface area contributed by atoms with Crippen LogP contribution < -0.4 is 5.32 Å². The van der Waals surface area contributed by atoms with Crippen LogP contribution >= 0.6 is 11.6 Å². The molecule has 182 valence electrons. The molecule has 2 unspecified atom stereocenters. The number of hydrogen-bond donors (Lipinski definition) is 2. The normalized spacial score (nSPS) is 20.4. The molecule has 1 saturated heterocycles. The molecule has 2 aromatic carbocycles. The molecule has 8 heteroatoms. The molecular formula is C27H29ClN4O3. The lowest BCUT2D eigenvalue weighted by atomic mass is 9.87. The first kappa shape index (κ1) is 23.4. The van der Waals surface area contributed by atoms with E-state index in [2.05, 4.69) is 10.3 Å². The first-order valence-corrected chi connectivity index (χ1v) is 12.4. The van der Waals surface area contributed by atoms with Crippen molar-refractivity contribution in [3.05, 3.63) is 70.4 Å². The summed E-state index contributed by atoms with van der Waals surface area (Å²) in [5, 5.41) is 4.52. The van der Waals surface area contributed by atoms with Crippen molar-refractivity contribution >= 4 is 40.3 Å². The van der Waals surface area contributed by atoms with Crippen LogP contribution in [0.1, 0.15) is 44.0 Å². The Morgan fingerprint density at radius 2 is 1.86 bits per heavy atom. The maximum Gasteiger partial charge on any atom is 0.328 e. The summed E-state index contributed by atoms with van der Waals surface area (Å²) >= 11 is 6.25. The van der Waals surface area contributed by atoms with E-state index in [-0.39, 0.29) is 24.3 Å². The number of aromatic amines is 1. The van der Waals surface area contributed by atoms with Gasteiger partial charge in [0.25, 0.3) is 5.91 Å². The molecule has 0 spiro atoms. The number of hydrogen-bond acceptors (Lipinski definition) is 3. The summed E-state index contributed by atoms with van der Waals surface area (Å²) < 4.78 is 0. The predicted molar refractivity (Wildman–Crippen MR) is 135 cm³/mol. The fraction of sp³-hybridized carbons (Fsp3) is 0.370. The minimum absolute atomic E-state index is 0.0979. The van der Waals surface area contributed by atoms with Gasteiger partial charge in [-0.15, -0.1) is 0 Å². The zero-order valence-electron chi connectivity index (χ0n) is 20.1. The number of urea groups is 1. The van der Waals surface area contributed by atoms with Gasteiger partial charge in [-0.3, -0.25) is 9.59 Å². The maximum atomic E-state index is 14.0. The van der Waals surface area contributed by atoms with Gasteiger partial charge < -0.3 is 15.2 Å². The number of nitrogens with zero attached hydrogens (tertiary/aromatic N) is 2. The largest absolute Gasteiger partial charge is 0.356 e. The van der Waals surface area contributed by atoms with Gasteiger partial charge in [0.1, 0.15) is 6.04 Å². The van der Waals surface area contributed by atoms with Crippen molar-refractivity contribution in [2.24, 2.45) is 5.92 Å². The predicted octanol–water partition coefficient (Wildman–Crippen LogP) is 4.59. The van der Waals surface area contributed by atoms with Gasteiger partial charge in [0.15, 0.2) is 5.54 Å². The molecule has 2 N–H and O–H groups in total. The minimum Gasteiger partial charge on any atom is -0.356 e. The van der Waals surface area contributed by atoms with E-state index < -0.39 is 17.6 Å². The number of amides is 4. The van der Waals surface area contributed by atoms with Gasteiger partial charge in [-0.05, 0) is 48.9 Å². The second-order valence-electron chi connectivity index (χ2n) is 9.91. The van der Waals surface area contributed by atoms with E-state index in [4.69, 9.17) is 11.6 Å². The number of fused-ring (bicyclic) bond motifs is 5. The highest BCUT2D eigenvalue weighted by atomic mass is 35.5. The number of rotatable bonds is 6. The van der Waals surface area contributed by atoms with E-state index in [0.717, 1.165) is 27.7 Å². The summed E-state index contributed by atoms with van der Waals surface area (Å²) in [6.45, 7) is 6.38. The molecule has 3 aromatic rings. The van der Waals surface area contributed by atoms with Crippen molar-refractivity contribution < 1.29 is 14.4 Å². The third-order valence-corrected chi connectivity index (χ3v) is 7.59. The number of carbonyl (C=O) groups is 3. The summed E-state index contributed by atoms with van der Waals surface area (Å²) in [7, 11) is 0. The Kier molecular flexibility index (Phi) is 5.83. The SMILES string of the molecule is CC(C)CC(C(=O)NCc1ccccc1Cl)N1C(=O)N2CCc3c([nH]c4ccccc34)C2(C)C1=O. The molecular weight excluding hydrogens is 464 g/mol. The smallest absolute Gasteiger partial charge is 0.328 e. The molecule has 1 fully saturated rings. The number of nitrogens with one attached hydrogen (secondary N) is 2. The highest BCUT2D eigenvalue weighted by molar-refractivity contribution is 6.31. The van der Waals surface area contributed by atoms with Crippen LogP contribution in [0.15, 0.2) is 48.5 Å². The number of aromatic nitrogens is 1. The Hall–Kier alpha value is -3.32. The van der Waals surface area contributed by atoms with Gasteiger partial charge in [0.2, 0.25) is 5.91 Å². The van der Waals surface area contributed by atoms with Crippen molar-refractivity contribution in [1.29, 1.82) is 0 Å². The Morgan fingerprint density at radius 3 is 2.60 bits per heavy atom. The fourth-order valence-corrected chi connectivity index (χ4v) is 5.61. The number of carbonyl (C=O) groups excluding carboxylic acids is 3. The van der Waals surface area contributed by atoms with Crippen LogP contribution in [0.2, 0.25) is 5.02 Å². The second-order valence-corrected chi connectivity index (χ2v) is 10.3. The van der Waals surface area contributed by atoms with Crippen LogP contribution in [0, 0.1) is 5.92 Å². The minimum atomic E-state index is -1.18. The van der Waals surface area contributed by atoms with Gasteiger partial charge in [0, 0.05) is 29.0 Å². The number of imide groups is 1. The summed E-state index contributed by atoms with van der Waals surface area (Å²) in [4.78, 5) is 47.3. The molecule has 0 radical (unpaired) electrons. The standard InChI is InChI=1S/C27H29ClN4O3/c1-16(2)14-22(24(33)29-15-17-8-4-6-10-20(17)28)32-25(34)27(3)23-19(12-13-31(27)26(32)35)18-9-5-7-11-21(18)30-23/h4-11,16,22,30H,12-15H2,1-3H3,(H,29,33). The van der Waals surface area contributed by atoms with Crippen molar-refractivity contribution in [1.82, 2.24) is 20.1 Å². The Balaban J connectivity index is 1.48. The quantitative estimate of drug-likeness (QED) is 0.493. The van der Waals surface area contributed by atoms with Gasteiger partial charge in [0.05, 0.1) is 5.69 Å². The number of para-hydroxylation sites is 1. The van der Waals surface area contributed by atoms with Crippen LogP contribution in [-0.2, 0) is 28.1 Å². The summed E-state index contributed by atoms with van der Waals surface area (Å²) in [5.41, 5.74) is 2.34. The average Bonchev–Trinajstić information content (AvgIpc) is 3.31. The van der Waals surface area contributed by atoms with Gasteiger partial charge in [-0.1, -0.05) is 61.8 Å². The molecule has 2 atom stereocenters. The topological polar surface area (TPSA) is 85.5 Å². The van der Waals surface area contributed by atoms with Crippen LogP contribution in [0.4, 0.5) is 4.79 Å². The van der Waals surface area contributed by atoms with Crippen molar-refractivity contribution in [2.75, 3.05) is 6.54 Å². The second kappa shape index (κ2) is 8.72. The third-order valence-electron chi connectivity index (χ3n) is 7.22. The van der Waals surface area contributed by atoms with E-state index in [9.17, 15) is 14.4 Å². The van der Waals surface area contributed by atoms with E-state index in [1.54, 1.807) is 17.9 Å². The molecule has 3 heterocycles. The van der Waals surface area contributed by atoms with Crippen LogP contribution in [-0.4, -0.2) is 45.2 Å². The molecule has 35 heavy (non-hydrogen) atoms. The van der Waals surface area contributed by atoms with E-state index in [0.29, 0.717) is 24.4 Å². The highest BCUT2D eigenvalue weighted by Gasteiger charge is 2.60. The van der Waals surface area contributed by atoms with Crippen molar-refractivity contribution in [3.8, 4) is 0 Å². The average molecular weight is 493 g/mol. The van der Waals surface area contributed by atoms with E-state index >= 15 is 0 Å². The molecule has 2 aliphatic rings. The fourth-order valence-electron chi connectivity index (χ4n) is 5.41. The molecule has 2 aliphatic heterocycles. The molecule has 1 aromatic heterocycles. The highest BCUT2D eigenvalue weighted by Crippen LogP contribution is 2.45. The first-order valence-electron chi connectivity index (χ1n) is 12.0. The molecule has 5 rings (SSSR count).